The number of thiazole rings is 1. The molecule has 1 aliphatic heterocycles. The molecule has 1 saturated heterocycles. The molecule has 0 amide bonds. The Bertz CT molecular complexity index is 862. The average Bonchev–Trinajstić information content (AvgIpc) is 2.90. The Labute approximate surface area is 127 Å². The smallest absolute Gasteiger partial charge is 0.302 e. The van der Waals surface area contributed by atoms with Gasteiger partial charge in [0.2, 0.25) is 10.0 Å². The van der Waals surface area contributed by atoms with Crippen molar-refractivity contribution >= 4 is 31.6 Å². The molecule has 2 aromatic rings. The van der Waals surface area contributed by atoms with Crippen LogP contribution in [-0.2, 0) is 17.1 Å². The number of fused-ring (bicyclic) bond motifs is 1. The van der Waals surface area contributed by atoms with Gasteiger partial charge in [0.15, 0.2) is 0 Å². The van der Waals surface area contributed by atoms with E-state index >= 15 is 0 Å². The molecule has 1 fully saturated rings. The molecule has 0 unspecified atom stereocenters. The molecule has 0 aliphatic carbocycles. The lowest BCUT2D eigenvalue weighted by molar-refractivity contribution is 0.292. The zero-order chi connectivity index (χ0) is 15.4. The van der Waals surface area contributed by atoms with Crippen molar-refractivity contribution in [2.24, 2.45) is 7.05 Å². The van der Waals surface area contributed by atoms with Gasteiger partial charge in [0.1, 0.15) is 0 Å². The number of rotatable bonds is 2. The summed E-state index contributed by atoms with van der Waals surface area (Å²) in [5.74, 6) is 0. The zero-order valence-corrected chi connectivity index (χ0v) is 13.9. The molecule has 1 aliphatic rings. The van der Waals surface area contributed by atoms with Crippen molar-refractivity contribution in [3.8, 4) is 0 Å². The lowest BCUT2D eigenvalue weighted by Gasteiger charge is -2.30. The van der Waals surface area contributed by atoms with E-state index in [1.54, 1.807) is 29.6 Å². The maximum absolute atomic E-state index is 12.8. The number of hydrogen-bond donors (Lipinski definition) is 0. The highest BCUT2D eigenvalue weighted by molar-refractivity contribution is 7.89. The predicted molar refractivity (Wildman–Crippen MR) is 84.3 cm³/mol. The van der Waals surface area contributed by atoms with Gasteiger partial charge < -0.3 is 4.57 Å². The van der Waals surface area contributed by atoms with Crippen LogP contribution in [0.3, 0.4) is 0 Å². The van der Waals surface area contributed by atoms with Gasteiger partial charge in [0.05, 0.1) is 15.1 Å². The summed E-state index contributed by atoms with van der Waals surface area (Å²) in [6, 6.07) is 4.92. The number of sulfonamides is 1. The summed E-state index contributed by atoms with van der Waals surface area (Å²) in [7, 11) is -1.82. The fourth-order valence-electron chi connectivity index (χ4n) is 2.93. The van der Waals surface area contributed by atoms with E-state index in [9.17, 15) is 13.2 Å². The SMILES string of the molecule is Cn1c(=O)sc2cc(S(=O)(=O)N3CCCC3(C)C)ccc21. The quantitative estimate of drug-likeness (QED) is 0.850. The number of aryl methyl sites for hydroxylation is 1. The van der Waals surface area contributed by atoms with Crippen molar-refractivity contribution in [1.29, 1.82) is 0 Å². The van der Waals surface area contributed by atoms with Crippen LogP contribution in [0.15, 0.2) is 27.9 Å². The highest BCUT2D eigenvalue weighted by atomic mass is 32.2. The summed E-state index contributed by atoms with van der Waals surface area (Å²) < 4.78 is 29.5. The Morgan fingerprint density at radius 1 is 1.29 bits per heavy atom. The molecule has 0 spiro atoms. The van der Waals surface area contributed by atoms with Gasteiger partial charge in [0, 0.05) is 19.1 Å². The summed E-state index contributed by atoms with van der Waals surface area (Å²) in [6.45, 7) is 4.46. The van der Waals surface area contributed by atoms with E-state index in [0.29, 0.717) is 11.2 Å². The molecular weight excluding hydrogens is 308 g/mol. The molecule has 0 N–H and O–H groups in total. The highest BCUT2D eigenvalue weighted by Crippen LogP contribution is 2.34. The van der Waals surface area contributed by atoms with Crippen molar-refractivity contribution in [1.82, 2.24) is 8.87 Å². The van der Waals surface area contributed by atoms with Gasteiger partial charge in [-0.05, 0) is 44.9 Å². The normalized spacial score (nSPS) is 19.4. The van der Waals surface area contributed by atoms with Gasteiger partial charge in [-0.2, -0.15) is 4.31 Å². The number of nitrogens with zero attached hydrogens (tertiary/aromatic N) is 2. The van der Waals surface area contributed by atoms with E-state index in [-0.39, 0.29) is 15.3 Å². The second-order valence-corrected chi connectivity index (χ2v) is 8.91. The molecular formula is C14H18N2O3S2. The first-order chi connectivity index (χ1) is 9.73. The van der Waals surface area contributed by atoms with Gasteiger partial charge in [0.25, 0.3) is 0 Å². The van der Waals surface area contributed by atoms with Crippen LogP contribution in [0, 0.1) is 0 Å². The lowest BCUT2D eigenvalue weighted by atomic mass is 10.0. The fraction of sp³-hybridized carbons (Fsp3) is 0.500. The maximum atomic E-state index is 12.8. The first-order valence-electron chi connectivity index (χ1n) is 6.86. The Hall–Kier alpha value is -1.18. The maximum Gasteiger partial charge on any atom is 0.307 e. The number of benzene rings is 1. The Kier molecular flexibility index (Phi) is 3.27. The molecule has 0 saturated carbocycles. The monoisotopic (exact) mass is 326 g/mol. The first kappa shape index (κ1) is 14.7. The largest absolute Gasteiger partial charge is 0.307 e. The van der Waals surface area contributed by atoms with E-state index in [2.05, 4.69) is 0 Å². The number of hydrogen-bond acceptors (Lipinski definition) is 4. The minimum Gasteiger partial charge on any atom is -0.302 e. The van der Waals surface area contributed by atoms with Crippen molar-refractivity contribution < 1.29 is 8.42 Å². The van der Waals surface area contributed by atoms with Crippen LogP contribution in [0.25, 0.3) is 10.2 Å². The first-order valence-corrected chi connectivity index (χ1v) is 9.11. The third kappa shape index (κ3) is 2.23. The molecule has 7 heteroatoms. The van der Waals surface area contributed by atoms with E-state index in [4.69, 9.17) is 0 Å². The van der Waals surface area contributed by atoms with Crippen LogP contribution < -0.4 is 4.87 Å². The van der Waals surface area contributed by atoms with Crippen LogP contribution >= 0.6 is 11.3 Å². The Balaban J connectivity index is 2.13. The summed E-state index contributed by atoms with van der Waals surface area (Å²) in [5, 5.41) is 0. The van der Waals surface area contributed by atoms with Crippen LogP contribution in [0.5, 0.6) is 0 Å². The minimum absolute atomic E-state index is 0.0824. The summed E-state index contributed by atoms with van der Waals surface area (Å²) in [6.07, 6.45) is 1.75. The van der Waals surface area contributed by atoms with E-state index in [1.165, 1.54) is 4.57 Å². The molecule has 1 aromatic carbocycles. The predicted octanol–water partition coefficient (Wildman–Crippen LogP) is 2.16. The van der Waals surface area contributed by atoms with Crippen LogP contribution in [0.1, 0.15) is 26.7 Å². The molecule has 2 heterocycles. The fourth-order valence-corrected chi connectivity index (χ4v) is 5.80. The Morgan fingerprint density at radius 3 is 2.62 bits per heavy atom. The summed E-state index contributed by atoms with van der Waals surface area (Å²) >= 11 is 1.08. The van der Waals surface area contributed by atoms with Crippen LogP contribution in [-0.4, -0.2) is 29.4 Å². The average molecular weight is 326 g/mol. The Morgan fingerprint density at radius 2 is 2.00 bits per heavy atom. The molecule has 3 rings (SSSR count). The minimum atomic E-state index is -3.51. The van der Waals surface area contributed by atoms with E-state index < -0.39 is 10.0 Å². The topological polar surface area (TPSA) is 59.4 Å². The second kappa shape index (κ2) is 4.66. The molecule has 0 bridgehead atoms. The van der Waals surface area contributed by atoms with Crippen LogP contribution in [0.2, 0.25) is 0 Å². The highest BCUT2D eigenvalue weighted by Gasteiger charge is 2.40. The summed E-state index contributed by atoms with van der Waals surface area (Å²) in [5.41, 5.74) is 0.419. The van der Waals surface area contributed by atoms with Gasteiger partial charge in [-0.1, -0.05) is 11.3 Å². The zero-order valence-electron chi connectivity index (χ0n) is 12.3. The van der Waals surface area contributed by atoms with Gasteiger partial charge >= 0.3 is 4.87 Å². The third-order valence-electron chi connectivity index (χ3n) is 4.18. The molecule has 5 nitrogen and oxygen atoms in total. The van der Waals surface area contributed by atoms with Gasteiger partial charge in [-0.3, -0.25) is 4.79 Å². The van der Waals surface area contributed by atoms with Gasteiger partial charge in [-0.25, -0.2) is 8.42 Å². The molecule has 114 valence electrons. The standard InChI is InChI=1S/C14H18N2O3S2/c1-14(2)7-4-8-16(14)21(18,19)10-5-6-11-12(9-10)20-13(17)15(11)3/h5-6,9H,4,7-8H2,1-3H3. The van der Waals surface area contributed by atoms with E-state index in [0.717, 1.165) is 29.7 Å². The van der Waals surface area contributed by atoms with Crippen molar-refractivity contribution in [2.45, 2.75) is 37.1 Å². The van der Waals surface area contributed by atoms with Gasteiger partial charge in [-0.15, -0.1) is 0 Å². The third-order valence-corrected chi connectivity index (χ3v) is 7.28. The lowest BCUT2D eigenvalue weighted by Crippen LogP contribution is -2.42. The van der Waals surface area contributed by atoms with Crippen molar-refractivity contribution in [3.63, 3.8) is 0 Å². The van der Waals surface area contributed by atoms with E-state index in [1.807, 2.05) is 13.8 Å². The molecule has 1 aromatic heterocycles. The summed E-state index contributed by atoms with van der Waals surface area (Å²) in [4.78, 5) is 11.9. The number of aromatic nitrogens is 1. The second-order valence-electron chi connectivity index (χ2n) is 6.05. The van der Waals surface area contributed by atoms with Crippen molar-refractivity contribution in [2.75, 3.05) is 6.54 Å². The molecule has 0 atom stereocenters. The molecule has 0 radical (unpaired) electrons. The van der Waals surface area contributed by atoms with Crippen molar-refractivity contribution in [3.05, 3.63) is 27.9 Å². The molecule has 21 heavy (non-hydrogen) atoms. The van der Waals surface area contributed by atoms with Crippen LogP contribution in [0.4, 0.5) is 0 Å².